The van der Waals surface area contributed by atoms with Crippen LogP contribution in [-0.2, 0) is 36.7 Å². The zero-order valence-corrected chi connectivity index (χ0v) is 35.3. The summed E-state index contributed by atoms with van der Waals surface area (Å²) in [4.78, 5) is 0. The minimum Gasteiger partial charge on any atom is -1.00 e. The molecule has 6 rings (SSSR count). The second kappa shape index (κ2) is 17.8. The summed E-state index contributed by atoms with van der Waals surface area (Å²) in [6.45, 7) is 22.2. The number of benzene rings is 4. The molecule has 0 bridgehead atoms. The Morgan fingerprint density at radius 1 is 0.500 bits per heavy atom. The minimum absolute atomic E-state index is 0. The molecule has 0 spiro atoms. The minimum atomic E-state index is 0. The van der Waals surface area contributed by atoms with E-state index >= 15 is 0 Å². The van der Waals surface area contributed by atoms with E-state index in [0.29, 0.717) is 0 Å². The van der Waals surface area contributed by atoms with Crippen LogP contribution in [0.15, 0.2) is 109 Å². The van der Waals surface area contributed by atoms with Gasteiger partial charge in [0.1, 0.15) is 0 Å². The first-order chi connectivity index (χ1) is 20.3. The van der Waals surface area contributed by atoms with Crippen LogP contribution in [0.5, 0.6) is 0 Å². The van der Waals surface area contributed by atoms with Gasteiger partial charge in [0.25, 0.3) is 0 Å². The Bertz CT molecular complexity index is 1680. The summed E-state index contributed by atoms with van der Waals surface area (Å²) in [5, 5.41) is 5.38. The number of hydrogen-bond donors (Lipinski definition) is 0. The maximum absolute atomic E-state index is 2.33. The van der Waals surface area contributed by atoms with Gasteiger partial charge >= 0.3 is 25.8 Å². The molecule has 0 aliphatic rings. The van der Waals surface area contributed by atoms with Gasteiger partial charge in [-0.15, -0.1) is 69.1 Å². The van der Waals surface area contributed by atoms with Crippen molar-refractivity contribution in [2.75, 3.05) is 0 Å². The van der Waals surface area contributed by atoms with E-state index in [1.807, 2.05) is 0 Å². The summed E-state index contributed by atoms with van der Waals surface area (Å²) in [5.74, 6) is 0. The van der Waals surface area contributed by atoms with E-state index in [-0.39, 0.29) is 61.5 Å². The van der Waals surface area contributed by atoms with Gasteiger partial charge in [0.05, 0.1) is 0 Å². The van der Waals surface area contributed by atoms with Crippen LogP contribution in [0.2, 0.25) is 13.1 Å². The van der Waals surface area contributed by atoms with Crippen molar-refractivity contribution in [1.29, 1.82) is 0 Å². The molecular weight excluding hydrogens is 782 g/mol. The van der Waals surface area contributed by atoms with Crippen LogP contribution < -0.4 is 24.8 Å². The molecule has 238 valence electrons. The zero-order valence-electron chi connectivity index (χ0n) is 29.1. The van der Waals surface area contributed by atoms with Crippen molar-refractivity contribution >= 4 is 31.1 Å². The van der Waals surface area contributed by atoms with Gasteiger partial charge < -0.3 is 24.8 Å². The first-order valence-corrected chi connectivity index (χ1v) is 17.4. The standard InChI is InChI=1S/2C20H21.C2H6Si.2ClH.Hf/c2*1-14-11-15-8-6-10-18(19(15)12-14)16-7-5-9-17(13-16)20(2,3)4;1-3-2;;;/h2*5-13H,1-4H3;1-2H3;2*1H;/q2*-1;;;;+4/p-2. The molecule has 6 aromatic rings. The maximum Gasteiger partial charge on any atom is 4.00 e. The summed E-state index contributed by atoms with van der Waals surface area (Å²) in [6.07, 6.45) is 0. The van der Waals surface area contributed by atoms with Gasteiger partial charge in [-0.3, -0.25) is 0 Å². The molecule has 0 aliphatic heterocycles. The van der Waals surface area contributed by atoms with Gasteiger partial charge in [0.15, 0.2) is 0 Å². The number of fused-ring (bicyclic) bond motifs is 2. The third-order valence-corrected chi connectivity index (χ3v) is 7.87. The van der Waals surface area contributed by atoms with Crippen molar-refractivity contribution in [3.63, 3.8) is 0 Å². The molecule has 0 fully saturated rings. The summed E-state index contributed by atoms with van der Waals surface area (Å²) in [5.41, 5.74) is 11.1. The van der Waals surface area contributed by atoms with E-state index < -0.39 is 0 Å². The Morgan fingerprint density at radius 2 is 0.826 bits per heavy atom. The second-order valence-corrected chi connectivity index (χ2v) is 14.8. The van der Waals surface area contributed by atoms with Crippen molar-refractivity contribution < 1.29 is 50.7 Å². The monoisotopic (exact) mass is 830 g/mol. The van der Waals surface area contributed by atoms with Gasteiger partial charge in [0.2, 0.25) is 0 Å². The second-order valence-electron chi connectivity index (χ2n) is 13.8. The largest absolute Gasteiger partial charge is 4.00 e. The van der Waals surface area contributed by atoms with E-state index in [9.17, 15) is 0 Å². The molecule has 0 heterocycles. The Hall–Kier alpha value is -2.23. The number of rotatable bonds is 2. The predicted molar refractivity (Wildman–Crippen MR) is 194 cm³/mol. The summed E-state index contributed by atoms with van der Waals surface area (Å²) in [7, 11) is 1.08. The smallest absolute Gasteiger partial charge is 1.00 e. The average Bonchev–Trinajstić information content (AvgIpc) is 3.53. The van der Waals surface area contributed by atoms with Gasteiger partial charge in [-0.25, -0.2) is 0 Å². The molecule has 6 aromatic carbocycles. The number of halogens is 2. The Labute approximate surface area is 312 Å². The SMILES string of the molecule is C[Si]C.Cc1cc2c(-c3cccc(C(C)(C)C)c3)cccc2[cH-]1.Cc1cc2c(-c3cccc(C(C)(C)C)c3)cccc2[cH-]1.[Cl-].[Cl-].[Hf+4]. The van der Waals surface area contributed by atoms with Crippen LogP contribution in [-0.4, -0.2) is 9.52 Å². The van der Waals surface area contributed by atoms with Gasteiger partial charge in [-0.05, 0) is 33.1 Å². The van der Waals surface area contributed by atoms with Gasteiger partial charge in [0, 0.05) is 9.52 Å². The topological polar surface area (TPSA) is 0 Å². The van der Waals surface area contributed by atoms with Crippen LogP contribution in [0.4, 0.5) is 0 Å². The number of hydrogen-bond acceptors (Lipinski definition) is 0. The van der Waals surface area contributed by atoms with Crippen LogP contribution in [0.25, 0.3) is 43.8 Å². The third-order valence-electron chi connectivity index (χ3n) is 7.87. The van der Waals surface area contributed by atoms with Crippen LogP contribution in [0.3, 0.4) is 0 Å². The third kappa shape index (κ3) is 10.4. The fourth-order valence-electron chi connectivity index (χ4n) is 5.58. The zero-order chi connectivity index (χ0) is 31.4. The van der Waals surface area contributed by atoms with E-state index in [0.717, 1.165) is 9.52 Å². The number of aryl methyl sites for hydroxylation is 2. The molecule has 0 amide bonds. The van der Waals surface area contributed by atoms with Crippen molar-refractivity contribution in [2.24, 2.45) is 0 Å². The molecule has 0 saturated carbocycles. The Morgan fingerprint density at radius 3 is 1.15 bits per heavy atom. The molecule has 0 N–H and O–H groups in total. The summed E-state index contributed by atoms with van der Waals surface area (Å²) in [6, 6.07) is 40.1. The maximum atomic E-state index is 2.33. The van der Waals surface area contributed by atoms with Crippen LogP contribution in [0.1, 0.15) is 63.8 Å². The first kappa shape index (κ1) is 41.8. The molecular formula is C42H48Cl2HfSi. The summed E-state index contributed by atoms with van der Waals surface area (Å²) < 4.78 is 0. The molecule has 0 saturated heterocycles. The van der Waals surface area contributed by atoms with Crippen LogP contribution >= 0.6 is 0 Å². The molecule has 2 radical (unpaired) electrons. The summed E-state index contributed by atoms with van der Waals surface area (Å²) >= 11 is 0. The first-order valence-electron chi connectivity index (χ1n) is 15.4. The predicted octanol–water partition coefficient (Wildman–Crippen LogP) is 6.46. The van der Waals surface area contributed by atoms with E-state index in [2.05, 4.69) is 178 Å². The molecule has 0 aromatic heterocycles. The van der Waals surface area contributed by atoms with Crippen molar-refractivity contribution in [3.8, 4) is 22.3 Å². The molecule has 0 unspecified atom stereocenters. The average molecular weight is 830 g/mol. The Balaban J connectivity index is 0.000000400. The van der Waals surface area contributed by atoms with E-state index in [1.165, 1.54) is 66.1 Å². The molecule has 0 nitrogen and oxygen atoms in total. The van der Waals surface area contributed by atoms with E-state index in [4.69, 9.17) is 0 Å². The molecule has 46 heavy (non-hydrogen) atoms. The molecule has 0 atom stereocenters. The Kier molecular flexibility index (Phi) is 16.2. The fourth-order valence-corrected chi connectivity index (χ4v) is 5.58. The molecule has 0 aliphatic carbocycles. The van der Waals surface area contributed by atoms with Crippen molar-refractivity contribution in [3.05, 3.63) is 131 Å². The normalized spacial score (nSPS) is 10.8. The molecule has 4 heteroatoms. The van der Waals surface area contributed by atoms with E-state index in [1.54, 1.807) is 0 Å². The quantitative estimate of drug-likeness (QED) is 0.139. The van der Waals surface area contributed by atoms with Gasteiger partial charge in [-0.2, -0.15) is 12.1 Å². The van der Waals surface area contributed by atoms with Gasteiger partial charge in [-0.1, -0.05) is 140 Å². The van der Waals surface area contributed by atoms with Crippen LogP contribution in [0, 0.1) is 13.8 Å². The van der Waals surface area contributed by atoms with Crippen molar-refractivity contribution in [1.82, 2.24) is 0 Å². The van der Waals surface area contributed by atoms with Crippen molar-refractivity contribution in [2.45, 2.75) is 79.3 Å². The fraction of sp³-hybridized carbons (Fsp3) is 0.286.